The van der Waals surface area contributed by atoms with E-state index in [4.69, 9.17) is 9.47 Å². The first kappa shape index (κ1) is 21.6. The zero-order chi connectivity index (χ0) is 21.7. The first-order valence-corrected chi connectivity index (χ1v) is 10.0. The maximum atomic E-state index is 12.8. The molecule has 9 heteroatoms. The zero-order valence-corrected chi connectivity index (χ0v) is 17.2. The molecule has 1 aromatic carbocycles. The molecule has 2 fully saturated rings. The van der Waals surface area contributed by atoms with Crippen LogP contribution < -0.4 is 15.4 Å². The highest BCUT2D eigenvalue weighted by Gasteiger charge is 2.55. The van der Waals surface area contributed by atoms with Gasteiger partial charge in [0.1, 0.15) is 17.8 Å². The number of benzene rings is 1. The number of nitrogens with one attached hydrogen (secondary N) is 2. The van der Waals surface area contributed by atoms with Crippen molar-refractivity contribution in [2.75, 3.05) is 20.3 Å². The van der Waals surface area contributed by atoms with E-state index in [0.717, 1.165) is 29.7 Å². The molecule has 0 bridgehead atoms. The first-order chi connectivity index (χ1) is 14.4. The van der Waals surface area contributed by atoms with E-state index in [0.29, 0.717) is 12.2 Å². The predicted octanol–water partition coefficient (Wildman–Crippen LogP) is 1.36. The van der Waals surface area contributed by atoms with Crippen molar-refractivity contribution in [3.8, 4) is 5.75 Å². The smallest absolute Gasteiger partial charge is 0.326 e. The Bertz CT molecular complexity index is 842. The van der Waals surface area contributed by atoms with Crippen LogP contribution >= 0.6 is 0 Å². The molecule has 0 aromatic heterocycles. The highest BCUT2D eigenvalue weighted by Crippen LogP contribution is 2.38. The summed E-state index contributed by atoms with van der Waals surface area (Å²) in [6.07, 6.45) is 3.27. The van der Waals surface area contributed by atoms with Gasteiger partial charge in [-0.15, -0.1) is 0 Å². The molecule has 0 radical (unpaired) electrons. The largest absolute Gasteiger partial charge is 0.497 e. The maximum absolute atomic E-state index is 12.8. The summed E-state index contributed by atoms with van der Waals surface area (Å²) >= 11 is 0. The Morgan fingerprint density at radius 3 is 2.83 bits per heavy atom. The van der Waals surface area contributed by atoms with Crippen LogP contribution in [0.4, 0.5) is 4.79 Å². The minimum Gasteiger partial charge on any atom is -0.497 e. The standard InChI is InChI=1S/C21H27N3O6/c1-14-6-3-4-9-21(14)19(27)24(20(28)23-21)12-18(26)30-13-17(25)22-11-15-7-5-8-16(10-15)29-2/h5,7-8,10,14H,3-4,6,9,11-13H2,1-2H3,(H,22,25)(H,23,28)/t14-,21+/m1/s1. The second-order valence-corrected chi connectivity index (χ2v) is 7.73. The van der Waals surface area contributed by atoms with E-state index in [2.05, 4.69) is 10.6 Å². The number of amides is 4. The molecule has 2 aliphatic rings. The highest BCUT2D eigenvalue weighted by molar-refractivity contribution is 6.09. The van der Waals surface area contributed by atoms with Crippen LogP contribution in [-0.2, 0) is 25.7 Å². The van der Waals surface area contributed by atoms with Gasteiger partial charge in [0, 0.05) is 6.54 Å². The lowest BCUT2D eigenvalue weighted by molar-refractivity contribution is -0.151. The van der Waals surface area contributed by atoms with Crippen molar-refractivity contribution >= 4 is 23.8 Å². The molecular weight excluding hydrogens is 390 g/mol. The SMILES string of the molecule is COc1cccc(CNC(=O)COC(=O)CN2C(=O)N[C@]3(CCCC[C@H]3C)C2=O)c1. The summed E-state index contributed by atoms with van der Waals surface area (Å²) in [4.78, 5) is 50.1. The summed E-state index contributed by atoms with van der Waals surface area (Å²) in [6, 6.07) is 6.62. The summed E-state index contributed by atoms with van der Waals surface area (Å²) in [7, 11) is 1.55. The molecule has 9 nitrogen and oxygen atoms in total. The van der Waals surface area contributed by atoms with Gasteiger partial charge in [-0.05, 0) is 36.5 Å². The Labute approximate surface area is 175 Å². The molecule has 1 saturated carbocycles. The Hall–Kier alpha value is -3.10. The Morgan fingerprint density at radius 2 is 2.10 bits per heavy atom. The van der Waals surface area contributed by atoms with Crippen LogP contribution in [0.5, 0.6) is 5.75 Å². The lowest BCUT2D eigenvalue weighted by Gasteiger charge is -2.36. The molecule has 1 aromatic rings. The Morgan fingerprint density at radius 1 is 1.30 bits per heavy atom. The first-order valence-electron chi connectivity index (χ1n) is 10.0. The van der Waals surface area contributed by atoms with Gasteiger partial charge in [-0.25, -0.2) is 4.79 Å². The quantitative estimate of drug-likeness (QED) is 0.511. The van der Waals surface area contributed by atoms with Crippen LogP contribution in [-0.4, -0.2) is 54.5 Å². The summed E-state index contributed by atoms with van der Waals surface area (Å²) in [6.45, 7) is 1.18. The van der Waals surface area contributed by atoms with Crippen molar-refractivity contribution in [3.63, 3.8) is 0 Å². The minimum atomic E-state index is -0.927. The van der Waals surface area contributed by atoms with Crippen LogP contribution in [0.15, 0.2) is 24.3 Å². The number of carbonyl (C=O) groups is 4. The number of ether oxygens (including phenoxy) is 2. The summed E-state index contributed by atoms with van der Waals surface area (Å²) in [5, 5.41) is 5.41. The molecule has 1 spiro atoms. The maximum Gasteiger partial charge on any atom is 0.326 e. The minimum absolute atomic E-state index is 0.00566. The van der Waals surface area contributed by atoms with Gasteiger partial charge < -0.3 is 20.1 Å². The van der Waals surface area contributed by atoms with E-state index in [1.807, 2.05) is 13.0 Å². The van der Waals surface area contributed by atoms with E-state index in [1.54, 1.807) is 25.3 Å². The average molecular weight is 417 g/mol. The van der Waals surface area contributed by atoms with Gasteiger partial charge in [0.25, 0.3) is 11.8 Å². The third kappa shape index (κ3) is 4.55. The number of imide groups is 1. The molecule has 1 saturated heterocycles. The second kappa shape index (κ2) is 9.15. The van der Waals surface area contributed by atoms with Crippen LogP contribution in [0.25, 0.3) is 0 Å². The fourth-order valence-electron chi connectivity index (χ4n) is 3.99. The third-order valence-electron chi connectivity index (χ3n) is 5.78. The molecule has 1 heterocycles. The van der Waals surface area contributed by atoms with Gasteiger partial charge in [-0.3, -0.25) is 19.3 Å². The van der Waals surface area contributed by atoms with Gasteiger partial charge in [0.15, 0.2) is 6.61 Å². The topological polar surface area (TPSA) is 114 Å². The molecule has 0 unspecified atom stereocenters. The van der Waals surface area contributed by atoms with E-state index in [-0.39, 0.29) is 18.4 Å². The van der Waals surface area contributed by atoms with Gasteiger partial charge in [0.05, 0.1) is 7.11 Å². The summed E-state index contributed by atoms with van der Waals surface area (Å²) in [5.74, 6) is -1.01. The van der Waals surface area contributed by atoms with Crippen molar-refractivity contribution in [1.29, 1.82) is 0 Å². The molecule has 1 aliphatic carbocycles. The summed E-state index contributed by atoms with van der Waals surface area (Å²) in [5.41, 5.74) is -0.0933. The number of methoxy groups -OCH3 is 1. The molecule has 162 valence electrons. The molecular formula is C21H27N3O6. The number of nitrogens with zero attached hydrogens (tertiary/aromatic N) is 1. The monoisotopic (exact) mass is 417 g/mol. The van der Waals surface area contributed by atoms with E-state index >= 15 is 0 Å². The van der Waals surface area contributed by atoms with Crippen molar-refractivity contribution in [2.45, 2.75) is 44.7 Å². The number of rotatable bonds is 7. The second-order valence-electron chi connectivity index (χ2n) is 7.73. The Balaban J connectivity index is 1.46. The van der Waals surface area contributed by atoms with Gasteiger partial charge in [-0.2, -0.15) is 0 Å². The highest BCUT2D eigenvalue weighted by atomic mass is 16.5. The van der Waals surface area contributed by atoms with Gasteiger partial charge in [-0.1, -0.05) is 31.9 Å². The van der Waals surface area contributed by atoms with Crippen molar-refractivity contribution < 1.29 is 28.7 Å². The van der Waals surface area contributed by atoms with Crippen LogP contribution in [0.3, 0.4) is 0 Å². The van der Waals surface area contributed by atoms with Crippen molar-refractivity contribution in [3.05, 3.63) is 29.8 Å². The van der Waals surface area contributed by atoms with E-state index in [9.17, 15) is 19.2 Å². The van der Waals surface area contributed by atoms with Crippen LogP contribution in [0.2, 0.25) is 0 Å². The Kier molecular flexibility index (Phi) is 6.59. The normalized spacial score (nSPS) is 23.3. The average Bonchev–Trinajstić information content (AvgIpc) is 2.98. The van der Waals surface area contributed by atoms with Crippen LogP contribution in [0, 0.1) is 5.92 Å². The van der Waals surface area contributed by atoms with E-state index < -0.39 is 36.6 Å². The van der Waals surface area contributed by atoms with E-state index in [1.165, 1.54) is 0 Å². The lowest BCUT2D eigenvalue weighted by atomic mass is 9.73. The molecule has 4 amide bonds. The zero-order valence-electron chi connectivity index (χ0n) is 17.2. The van der Waals surface area contributed by atoms with Crippen LogP contribution in [0.1, 0.15) is 38.2 Å². The molecule has 30 heavy (non-hydrogen) atoms. The number of carbonyl (C=O) groups excluding carboxylic acids is 4. The lowest BCUT2D eigenvalue weighted by Crippen LogP contribution is -2.54. The van der Waals surface area contributed by atoms with Gasteiger partial charge >= 0.3 is 12.0 Å². The fraction of sp³-hybridized carbons (Fsp3) is 0.524. The molecule has 2 atom stereocenters. The number of esters is 1. The fourth-order valence-corrected chi connectivity index (χ4v) is 3.99. The third-order valence-corrected chi connectivity index (χ3v) is 5.78. The van der Waals surface area contributed by atoms with Gasteiger partial charge in [0.2, 0.25) is 0 Å². The number of hydrogen-bond donors (Lipinski definition) is 2. The predicted molar refractivity (Wildman–Crippen MR) is 106 cm³/mol. The number of urea groups is 1. The molecule has 1 aliphatic heterocycles. The molecule has 3 rings (SSSR count). The van der Waals surface area contributed by atoms with Crippen molar-refractivity contribution in [2.24, 2.45) is 5.92 Å². The number of hydrogen-bond acceptors (Lipinski definition) is 6. The van der Waals surface area contributed by atoms with Crippen molar-refractivity contribution in [1.82, 2.24) is 15.5 Å². The summed E-state index contributed by atoms with van der Waals surface area (Å²) < 4.78 is 10.1. The molecule has 2 N–H and O–H groups in total.